The molecule has 10 nitrogen and oxygen atoms in total. The Kier molecular flexibility index (Phi) is 16.3. The fourth-order valence-electron chi connectivity index (χ4n) is 11.8. The van der Waals surface area contributed by atoms with E-state index < -0.39 is 17.8 Å². The van der Waals surface area contributed by atoms with Gasteiger partial charge in [-0.3, -0.25) is 9.59 Å². The summed E-state index contributed by atoms with van der Waals surface area (Å²) in [5.41, 5.74) is 2.88. The highest BCUT2D eigenvalue weighted by atomic mass is 16.5. The number of amidine groups is 1. The Morgan fingerprint density at radius 2 is 0.986 bits per heavy atom. The van der Waals surface area contributed by atoms with Crippen molar-refractivity contribution in [1.29, 1.82) is 0 Å². The van der Waals surface area contributed by atoms with Crippen LogP contribution in [0, 0.1) is 63.1 Å². The third-order valence-electron chi connectivity index (χ3n) is 15.6. The van der Waals surface area contributed by atoms with Gasteiger partial charge in [-0.25, -0.2) is 14.6 Å². The van der Waals surface area contributed by atoms with Crippen LogP contribution in [0.4, 0.5) is 5.82 Å². The van der Waals surface area contributed by atoms with Crippen LogP contribution in [0.3, 0.4) is 0 Å². The van der Waals surface area contributed by atoms with Gasteiger partial charge in [-0.1, -0.05) is 161 Å². The second-order valence-corrected chi connectivity index (χ2v) is 26.2. The highest BCUT2D eigenvalue weighted by molar-refractivity contribution is 6.27. The van der Waals surface area contributed by atoms with Crippen LogP contribution in [0.15, 0.2) is 82.5 Å². The van der Waals surface area contributed by atoms with Crippen LogP contribution in [-0.4, -0.2) is 46.8 Å². The molecular formula is C61H86N4O6. The Balaban J connectivity index is 1.55. The Labute approximate surface area is 426 Å². The summed E-state index contributed by atoms with van der Waals surface area (Å²) in [5.74, 6) is -0.780. The van der Waals surface area contributed by atoms with Crippen LogP contribution in [0.2, 0.25) is 0 Å². The minimum atomic E-state index is -0.536. The van der Waals surface area contributed by atoms with Crippen molar-refractivity contribution in [2.24, 2.45) is 68.1 Å². The van der Waals surface area contributed by atoms with Gasteiger partial charge in [0.2, 0.25) is 0 Å². The number of ether oxygens (including phenoxy) is 2. The van der Waals surface area contributed by atoms with Crippen LogP contribution in [0.1, 0.15) is 199 Å². The predicted molar refractivity (Wildman–Crippen MR) is 288 cm³/mol. The van der Waals surface area contributed by atoms with E-state index >= 15 is 9.59 Å². The molecule has 4 atom stereocenters. The quantitative estimate of drug-likeness (QED) is 0.173. The zero-order valence-electron chi connectivity index (χ0n) is 46.3. The van der Waals surface area contributed by atoms with E-state index in [0.717, 1.165) is 25.7 Å². The van der Waals surface area contributed by atoms with Gasteiger partial charge in [-0.2, -0.15) is 0 Å². The Hall–Kier alpha value is -5.25. The van der Waals surface area contributed by atoms with Gasteiger partial charge in [0.25, 0.3) is 11.8 Å². The number of rotatable bonds is 10. The average molecular weight is 971 g/mol. The van der Waals surface area contributed by atoms with Crippen LogP contribution in [-0.2, 0) is 14.3 Å². The number of aromatic nitrogens is 1. The summed E-state index contributed by atoms with van der Waals surface area (Å²) in [4.78, 5) is 67.3. The Morgan fingerprint density at radius 1 is 0.592 bits per heavy atom. The Morgan fingerprint density at radius 3 is 1.37 bits per heavy atom. The number of nitrogens with one attached hydrogen (secondary N) is 3. The zero-order valence-corrected chi connectivity index (χ0v) is 46.3. The molecule has 0 saturated heterocycles. The van der Waals surface area contributed by atoms with Crippen LogP contribution < -0.4 is 10.6 Å². The maximum absolute atomic E-state index is 15.3. The van der Waals surface area contributed by atoms with E-state index in [1.54, 1.807) is 48.5 Å². The number of benzene rings is 2. The van der Waals surface area contributed by atoms with Gasteiger partial charge in [-0.05, 0) is 112 Å². The third-order valence-corrected chi connectivity index (χ3v) is 15.6. The van der Waals surface area contributed by atoms with Gasteiger partial charge < -0.3 is 25.1 Å². The lowest BCUT2D eigenvalue weighted by atomic mass is 9.59. The van der Waals surface area contributed by atoms with Gasteiger partial charge in [-0.15, -0.1) is 0 Å². The number of anilines is 1. The SMILES string of the molecule is CC1CC(C(C)(C)C)C(OC(=O)C2=C(C(C)C)C(=Cc3[nH]c(NC(=O)c4ccccc4)c(C(=O)OC4C(C(C)(C)C)CC(C)CC4C(C)(C)C)c3C(C)C)N=C2NC(=O)c2ccccc2)C(C(C)(C)C)C1. The molecule has 3 aromatic rings. The lowest BCUT2D eigenvalue weighted by Crippen LogP contribution is -2.50. The van der Waals surface area contributed by atoms with Crippen molar-refractivity contribution < 1.29 is 28.7 Å². The van der Waals surface area contributed by atoms with Crippen molar-refractivity contribution in [3.05, 3.63) is 105 Å². The van der Waals surface area contributed by atoms with Crippen molar-refractivity contribution in [1.82, 2.24) is 10.3 Å². The summed E-state index contributed by atoms with van der Waals surface area (Å²) < 4.78 is 13.8. The summed E-state index contributed by atoms with van der Waals surface area (Å²) in [5, 5.41) is 6.09. The maximum atomic E-state index is 15.3. The van der Waals surface area contributed by atoms with Crippen molar-refractivity contribution in [2.75, 3.05) is 5.32 Å². The molecule has 1 aromatic heterocycles. The minimum Gasteiger partial charge on any atom is -0.458 e. The van der Waals surface area contributed by atoms with Crippen molar-refractivity contribution in [3.63, 3.8) is 0 Å². The molecule has 3 N–H and O–H groups in total. The smallest absolute Gasteiger partial charge is 0.342 e. The first kappa shape index (κ1) is 55.1. The molecule has 0 spiro atoms. The molecule has 6 rings (SSSR count). The molecule has 2 aromatic carbocycles. The predicted octanol–water partition coefficient (Wildman–Crippen LogP) is 14.5. The lowest BCUT2D eigenvalue weighted by molar-refractivity contribution is -0.164. The molecule has 3 aliphatic rings. The number of carbonyl (C=O) groups excluding carboxylic acids is 4. The number of H-pyrrole nitrogens is 1. The number of nitrogens with zero attached hydrogens (tertiary/aromatic N) is 1. The number of carbonyl (C=O) groups is 4. The van der Waals surface area contributed by atoms with Crippen LogP contribution in [0.25, 0.3) is 6.08 Å². The molecule has 2 aliphatic carbocycles. The number of amides is 2. The molecule has 4 unspecified atom stereocenters. The largest absolute Gasteiger partial charge is 0.458 e. The number of hydrogen-bond donors (Lipinski definition) is 3. The molecule has 10 heteroatoms. The summed E-state index contributed by atoms with van der Waals surface area (Å²) in [7, 11) is 0. The van der Waals surface area contributed by atoms with Gasteiger partial charge in [0.05, 0.1) is 5.70 Å². The monoisotopic (exact) mass is 971 g/mol. The second-order valence-electron chi connectivity index (χ2n) is 26.2. The fourth-order valence-corrected chi connectivity index (χ4v) is 11.8. The summed E-state index contributed by atoms with van der Waals surface area (Å²) in [6.07, 6.45) is 4.78. The van der Waals surface area contributed by atoms with Gasteiger partial charge in [0.1, 0.15) is 35.0 Å². The molecular weight excluding hydrogens is 885 g/mol. The minimum absolute atomic E-state index is 0.0859. The summed E-state index contributed by atoms with van der Waals surface area (Å²) in [6.45, 7) is 39.3. The summed E-state index contributed by atoms with van der Waals surface area (Å²) in [6, 6.07) is 17.8. The number of aromatic amines is 1. The summed E-state index contributed by atoms with van der Waals surface area (Å²) >= 11 is 0. The van der Waals surface area contributed by atoms with E-state index in [-0.39, 0.29) is 98.1 Å². The molecule has 386 valence electrons. The first-order valence-electron chi connectivity index (χ1n) is 26.3. The van der Waals surface area contributed by atoms with Crippen LogP contribution >= 0.6 is 0 Å². The van der Waals surface area contributed by atoms with Crippen molar-refractivity contribution in [2.45, 2.75) is 168 Å². The standard InChI is InChI=1S/C61H86N4O6/c1-34(2)46-44(62-52(64-54(66)38-25-21-19-22-26-38)48(46)56(68)70-50-40(58(7,8)9)29-36(5)30-41(50)59(10,11)12)33-45-47(35(3)4)49(53(63-45)65-55(67)39-27-23-20-24-28-39)57(69)71-51-42(60(13,14)15)31-37(6)32-43(51)61(16,17)18/h19-28,33-37,40-43,50-51,62H,29-32H2,1-18H3,(H,64,66)(H,63,65,67). The molecule has 2 saturated carbocycles. The van der Waals surface area contributed by atoms with E-state index in [9.17, 15) is 9.59 Å². The molecule has 71 heavy (non-hydrogen) atoms. The molecule has 1 aliphatic heterocycles. The molecule has 2 fully saturated rings. The van der Waals surface area contributed by atoms with Gasteiger partial charge in [0.15, 0.2) is 0 Å². The average Bonchev–Trinajstić information content (AvgIpc) is 3.81. The maximum Gasteiger partial charge on any atom is 0.342 e. The van der Waals surface area contributed by atoms with E-state index in [1.165, 1.54) is 0 Å². The fraction of sp³-hybridized carbons (Fsp3) is 0.590. The Bertz CT molecular complexity index is 2470. The molecule has 0 bridgehead atoms. The highest BCUT2D eigenvalue weighted by Gasteiger charge is 2.50. The first-order valence-corrected chi connectivity index (χ1v) is 26.3. The normalized spacial score (nSPS) is 25.1. The van der Waals surface area contributed by atoms with Gasteiger partial charge >= 0.3 is 11.9 Å². The number of hydrogen-bond acceptors (Lipinski definition) is 7. The van der Waals surface area contributed by atoms with Crippen molar-refractivity contribution in [3.8, 4) is 0 Å². The number of esters is 2. The lowest BCUT2D eigenvalue weighted by Gasteiger charge is -2.50. The molecule has 2 heterocycles. The zero-order chi connectivity index (χ0) is 52.7. The van der Waals surface area contributed by atoms with E-state index in [1.807, 2.05) is 45.9 Å². The van der Waals surface area contributed by atoms with E-state index in [0.29, 0.717) is 45.5 Å². The van der Waals surface area contributed by atoms with Crippen molar-refractivity contribution >= 4 is 41.5 Å². The highest BCUT2D eigenvalue weighted by Crippen LogP contribution is 2.52. The third kappa shape index (κ3) is 12.5. The topological polar surface area (TPSA) is 139 Å². The number of allylic oxidation sites excluding steroid dienone is 1. The second kappa shape index (κ2) is 21.1. The molecule has 2 amide bonds. The first-order chi connectivity index (χ1) is 32.9. The van der Waals surface area contributed by atoms with Crippen LogP contribution in [0.5, 0.6) is 0 Å². The number of aliphatic imine (C=N–C) groups is 1. The molecule has 0 radical (unpaired) electrons. The van der Waals surface area contributed by atoms with Gasteiger partial charge in [0, 0.05) is 40.5 Å². The van der Waals surface area contributed by atoms with E-state index in [4.69, 9.17) is 14.5 Å². The van der Waals surface area contributed by atoms with E-state index in [2.05, 4.69) is 113 Å².